The molecule has 1 heterocycles. The van der Waals surface area contributed by atoms with Crippen LogP contribution in [0.2, 0.25) is 0 Å². The molecule has 0 fully saturated rings. The first-order valence-electron chi connectivity index (χ1n) is 9.31. The van der Waals surface area contributed by atoms with Crippen molar-refractivity contribution in [2.45, 2.75) is 28.8 Å². The fourth-order valence-corrected chi connectivity index (χ4v) is 4.28. The first-order valence-corrected chi connectivity index (χ1v) is 11.1. The van der Waals surface area contributed by atoms with Crippen molar-refractivity contribution >= 4 is 41.1 Å². The summed E-state index contributed by atoms with van der Waals surface area (Å²) < 4.78 is 4.95. The fraction of sp³-hybridized carbons (Fsp3) is 0.182. The number of aryl methyl sites for hydroxylation is 1. The van der Waals surface area contributed by atoms with Crippen LogP contribution in [0.5, 0.6) is 0 Å². The molecular weight excluding hydrogens is 418 g/mol. The summed E-state index contributed by atoms with van der Waals surface area (Å²) >= 11 is 2.87. The lowest BCUT2D eigenvalue weighted by molar-refractivity contribution is -0.113. The van der Waals surface area contributed by atoms with E-state index in [0.29, 0.717) is 22.9 Å². The Hall–Kier alpha value is -2.84. The molecule has 0 aliphatic carbocycles. The molecule has 0 aliphatic heterocycles. The summed E-state index contributed by atoms with van der Waals surface area (Å²) in [5.74, 6) is -0.353. The molecule has 1 amide bonds. The number of aromatic nitrogens is 2. The van der Waals surface area contributed by atoms with Crippen molar-refractivity contribution in [2.75, 3.05) is 17.7 Å². The summed E-state index contributed by atoms with van der Waals surface area (Å²) in [6.45, 7) is 4.12. The number of ether oxygens (including phenoxy) is 1. The van der Waals surface area contributed by atoms with Gasteiger partial charge in [-0.1, -0.05) is 41.7 Å². The van der Waals surface area contributed by atoms with E-state index in [1.165, 1.54) is 23.5 Å². The molecule has 3 rings (SSSR count). The van der Waals surface area contributed by atoms with Crippen molar-refractivity contribution < 1.29 is 14.3 Å². The molecule has 0 saturated heterocycles. The number of esters is 1. The monoisotopic (exact) mass is 439 g/mol. The SMILES string of the molecule is CCOC(=O)c1ccc(NC(=O)CSc2nccnc2Sc2ccccc2C)cc1. The van der Waals surface area contributed by atoms with Gasteiger partial charge in [0.1, 0.15) is 10.1 Å². The lowest BCUT2D eigenvalue weighted by Gasteiger charge is -2.09. The average molecular weight is 440 g/mol. The normalized spacial score (nSPS) is 10.5. The minimum atomic E-state index is -0.382. The van der Waals surface area contributed by atoms with Gasteiger partial charge in [0.15, 0.2) is 0 Å². The Morgan fingerprint density at radius 2 is 1.70 bits per heavy atom. The number of carbonyl (C=O) groups excluding carboxylic acids is 2. The molecule has 1 aromatic heterocycles. The number of nitrogens with zero attached hydrogens (tertiary/aromatic N) is 2. The van der Waals surface area contributed by atoms with Crippen LogP contribution >= 0.6 is 23.5 Å². The van der Waals surface area contributed by atoms with Gasteiger partial charge in [-0.25, -0.2) is 14.8 Å². The van der Waals surface area contributed by atoms with Gasteiger partial charge in [0.25, 0.3) is 0 Å². The molecule has 0 radical (unpaired) electrons. The molecule has 30 heavy (non-hydrogen) atoms. The highest BCUT2D eigenvalue weighted by molar-refractivity contribution is 8.02. The van der Waals surface area contributed by atoms with Gasteiger partial charge in [-0.3, -0.25) is 4.79 Å². The van der Waals surface area contributed by atoms with Gasteiger partial charge in [0.05, 0.1) is 17.9 Å². The van der Waals surface area contributed by atoms with Gasteiger partial charge in [0, 0.05) is 23.0 Å². The summed E-state index contributed by atoms with van der Waals surface area (Å²) in [6, 6.07) is 14.7. The Morgan fingerprint density at radius 1 is 1.00 bits per heavy atom. The van der Waals surface area contributed by atoms with Gasteiger partial charge >= 0.3 is 5.97 Å². The first kappa shape index (κ1) is 21.9. The van der Waals surface area contributed by atoms with Gasteiger partial charge < -0.3 is 10.1 Å². The zero-order valence-corrected chi connectivity index (χ0v) is 18.3. The fourth-order valence-electron chi connectivity index (χ4n) is 2.49. The molecule has 0 unspecified atom stereocenters. The highest BCUT2D eigenvalue weighted by Crippen LogP contribution is 2.34. The zero-order valence-electron chi connectivity index (χ0n) is 16.6. The maximum atomic E-state index is 12.4. The molecule has 6 nitrogen and oxygen atoms in total. The van der Waals surface area contributed by atoms with Gasteiger partial charge in [-0.15, -0.1) is 0 Å². The van der Waals surface area contributed by atoms with Crippen LogP contribution in [0.4, 0.5) is 5.69 Å². The quantitative estimate of drug-likeness (QED) is 0.397. The van der Waals surface area contributed by atoms with E-state index in [-0.39, 0.29) is 17.6 Å². The molecule has 0 aliphatic rings. The second kappa shape index (κ2) is 10.8. The molecule has 8 heteroatoms. The number of anilines is 1. The lowest BCUT2D eigenvalue weighted by Crippen LogP contribution is -2.14. The van der Waals surface area contributed by atoms with Crippen LogP contribution in [0.1, 0.15) is 22.8 Å². The summed E-state index contributed by atoms with van der Waals surface area (Å²) in [5.41, 5.74) is 2.22. The predicted molar refractivity (Wildman–Crippen MR) is 119 cm³/mol. The largest absolute Gasteiger partial charge is 0.462 e. The van der Waals surface area contributed by atoms with Crippen molar-refractivity contribution in [3.05, 3.63) is 72.1 Å². The Morgan fingerprint density at radius 3 is 2.40 bits per heavy atom. The van der Waals surface area contributed by atoms with Crippen LogP contribution in [-0.4, -0.2) is 34.2 Å². The molecule has 2 aromatic carbocycles. The van der Waals surface area contributed by atoms with Crippen LogP contribution < -0.4 is 5.32 Å². The number of amides is 1. The third-order valence-electron chi connectivity index (χ3n) is 3.95. The van der Waals surface area contributed by atoms with E-state index in [9.17, 15) is 9.59 Å². The van der Waals surface area contributed by atoms with Gasteiger partial charge in [-0.05, 0) is 49.7 Å². The van der Waals surface area contributed by atoms with Crippen LogP contribution in [-0.2, 0) is 9.53 Å². The van der Waals surface area contributed by atoms with Crippen molar-refractivity contribution in [1.29, 1.82) is 0 Å². The van der Waals surface area contributed by atoms with E-state index in [1.54, 1.807) is 43.6 Å². The predicted octanol–water partition coefficient (Wildman–Crippen LogP) is 4.84. The third-order valence-corrected chi connectivity index (χ3v) is 6.23. The number of rotatable bonds is 8. The first-order chi connectivity index (χ1) is 14.6. The zero-order chi connectivity index (χ0) is 21.3. The van der Waals surface area contributed by atoms with Gasteiger partial charge in [0.2, 0.25) is 5.91 Å². The number of thioether (sulfide) groups is 1. The van der Waals surface area contributed by atoms with Crippen molar-refractivity contribution in [1.82, 2.24) is 9.97 Å². The van der Waals surface area contributed by atoms with Crippen molar-refractivity contribution in [2.24, 2.45) is 0 Å². The second-order valence-corrected chi connectivity index (χ2v) is 8.16. The van der Waals surface area contributed by atoms with E-state index < -0.39 is 0 Å². The Kier molecular flexibility index (Phi) is 7.87. The van der Waals surface area contributed by atoms with E-state index in [2.05, 4.69) is 15.3 Å². The summed E-state index contributed by atoms with van der Waals surface area (Å²) in [5, 5.41) is 4.30. The number of hydrogen-bond donors (Lipinski definition) is 1. The molecule has 0 spiro atoms. The average Bonchev–Trinajstić information content (AvgIpc) is 2.75. The molecule has 1 N–H and O–H groups in total. The Labute approximate surface area is 183 Å². The van der Waals surface area contributed by atoms with E-state index in [4.69, 9.17) is 4.74 Å². The highest BCUT2D eigenvalue weighted by Gasteiger charge is 2.12. The van der Waals surface area contributed by atoms with Crippen LogP contribution in [0.3, 0.4) is 0 Å². The van der Waals surface area contributed by atoms with Crippen molar-refractivity contribution in [3.63, 3.8) is 0 Å². The van der Waals surface area contributed by atoms with E-state index in [1.807, 2.05) is 31.2 Å². The van der Waals surface area contributed by atoms with Crippen LogP contribution in [0.15, 0.2) is 75.9 Å². The van der Waals surface area contributed by atoms with Crippen molar-refractivity contribution in [3.8, 4) is 0 Å². The molecule has 0 atom stereocenters. The summed E-state index contributed by atoms with van der Waals surface area (Å²) in [4.78, 5) is 34.0. The maximum absolute atomic E-state index is 12.4. The van der Waals surface area contributed by atoms with Crippen LogP contribution in [0, 0.1) is 6.92 Å². The van der Waals surface area contributed by atoms with E-state index in [0.717, 1.165) is 15.5 Å². The smallest absolute Gasteiger partial charge is 0.338 e. The number of carbonyl (C=O) groups is 2. The third kappa shape index (κ3) is 6.08. The summed E-state index contributed by atoms with van der Waals surface area (Å²) in [7, 11) is 0. The maximum Gasteiger partial charge on any atom is 0.338 e. The number of benzene rings is 2. The highest BCUT2D eigenvalue weighted by atomic mass is 32.2. The van der Waals surface area contributed by atoms with E-state index >= 15 is 0 Å². The van der Waals surface area contributed by atoms with Gasteiger partial charge in [-0.2, -0.15) is 0 Å². The summed E-state index contributed by atoms with van der Waals surface area (Å²) in [6.07, 6.45) is 3.27. The standard InChI is InChI=1S/C22H21N3O3S2/c1-3-28-22(27)16-8-10-17(11-9-16)25-19(26)14-29-20-21(24-13-12-23-20)30-18-7-5-4-6-15(18)2/h4-13H,3,14H2,1-2H3,(H,25,26). The molecule has 0 bridgehead atoms. The second-order valence-electron chi connectivity index (χ2n) is 6.17. The minimum Gasteiger partial charge on any atom is -0.462 e. The number of nitrogens with one attached hydrogen (secondary N) is 1. The topological polar surface area (TPSA) is 81.2 Å². The molecule has 3 aromatic rings. The Bertz CT molecular complexity index is 1030. The minimum absolute atomic E-state index is 0.165. The van der Waals surface area contributed by atoms with Crippen LogP contribution in [0.25, 0.3) is 0 Å². The number of hydrogen-bond acceptors (Lipinski definition) is 7. The molecule has 154 valence electrons. The molecular formula is C22H21N3O3S2. The molecule has 0 saturated carbocycles. The Balaban J connectivity index is 1.59. The lowest BCUT2D eigenvalue weighted by atomic mass is 10.2.